The molecule has 0 aliphatic carbocycles. The van der Waals surface area contributed by atoms with Gasteiger partial charge >= 0.3 is 0 Å². The van der Waals surface area contributed by atoms with E-state index >= 15 is 0 Å². The van der Waals surface area contributed by atoms with Gasteiger partial charge in [0.15, 0.2) is 11.5 Å². The summed E-state index contributed by atoms with van der Waals surface area (Å²) in [6.07, 6.45) is 1.74. The zero-order chi connectivity index (χ0) is 17.1. The molecule has 1 aliphatic heterocycles. The van der Waals surface area contributed by atoms with E-state index in [-0.39, 0.29) is 5.91 Å². The smallest absolute Gasteiger partial charge is 0.258 e. The average Bonchev–Trinajstić information content (AvgIpc) is 2.59. The number of carbonyl (C=O) groups excluding carboxylic acids is 2. The first-order valence-electron chi connectivity index (χ1n) is 7.61. The van der Waals surface area contributed by atoms with Gasteiger partial charge in [-0.1, -0.05) is 24.3 Å². The summed E-state index contributed by atoms with van der Waals surface area (Å²) >= 11 is 0. The van der Waals surface area contributed by atoms with Gasteiger partial charge in [0.1, 0.15) is 0 Å². The number of methoxy groups -OCH3 is 1. The molecule has 3 rings (SSSR count). The van der Waals surface area contributed by atoms with Crippen LogP contribution in [0.4, 0.5) is 0 Å². The molecule has 0 atom stereocenters. The molecule has 2 amide bonds. The minimum absolute atomic E-state index is 0.377. The van der Waals surface area contributed by atoms with Crippen LogP contribution in [0.1, 0.15) is 28.4 Å². The van der Waals surface area contributed by atoms with Crippen LogP contribution in [0.15, 0.2) is 42.5 Å². The highest BCUT2D eigenvalue weighted by molar-refractivity contribution is 6.33. The molecule has 0 spiro atoms. The van der Waals surface area contributed by atoms with Crippen LogP contribution in [-0.2, 0) is 4.79 Å². The van der Waals surface area contributed by atoms with Crippen LogP contribution in [-0.4, -0.2) is 25.5 Å². The van der Waals surface area contributed by atoms with Crippen molar-refractivity contribution in [2.75, 3.05) is 13.7 Å². The fourth-order valence-corrected chi connectivity index (χ4v) is 2.64. The molecule has 1 heterocycles. The Kier molecular flexibility index (Phi) is 4.33. The molecular formula is C19H17NO4. The Bertz CT molecular complexity index is 839. The molecule has 0 bridgehead atoms. The summed E-state index contributed by atoms with van der Waals surface area (Å²) in [4.78, 5) is 24.2. The fourth-order valence-electron chi connectivity index (χ4n) is 2.64. The molecule has 5 nitrogen and oxygen atoms in total. The van der Waals surface area contributed by atoms with Crippen molar-refractivity contribution in [2.45, 2.75) is 6.92 Å². The van der Waals surface area contributed by atoms with Crippen molar-refractivity contribution in [2.24, 2.45) is 0 Å². The fraction of sp³-hybridized carbons (Fsp3) is 0.158. The van der Waals surface area contributed by atoms with Crippen molar-refractivity contribution in [3.05, 3.63) is 59.2 Å². The molecule has 2 aromatic carbocycles. The Morgan fingerprint density at radius 2 is 1.75 bits per heavy atom. The van der Waals surface area contributed by atoms with E-state index in [1.165, 1.54) is 0 Å². The highest BCUT2D eigenvalue weighted by Gasteiger charge is 2.26. The third-order valence-electron chi connectivity index (χ3n) is 3.73. The van der Waals surface area contributed by atoms with Gasteiger partial charge in [0.2, 0.25) is 0 Å². The standard InChI is InChI=1S/C19H17NO4/c1-3-24-17-11-12(8-9-16(17)23-2)10-15-13-6-4-5-7-14(13)18(21)20-19(15)22/h4-11H,3H2,1-2H3,(H,20,21,22). The molecule has 0 fully saturated rings. The number of rotatable bonds is 4. The van der Waals surface area contributed by atoms with Crippen molar-refractivity contribution >= 4 is 23.5 Å². The van der Waals surface area contributed by atoms with Gasteiger partial charge < -0.3 is 9.47 Å². The molecule has 0 unspecified atom stereocenters. The number of hydrogen-bond donors (Lipinski definition) is 1. The molecule has 24 heavy (non-hydrogen) atoms. The summed E-state index contributed by atoms with van der Waals surface area (Å²) in [5, 5.41) is 2.37. The van der Waals surface area contributed by atoms with Gasteiger partial charge in [-0.05, 0) is 42.3 Å². The number of benzene rings is 2. The predicted octanol–water partition coefficient (Wildman–Crippen LogP) is 2.90. The third-order valence-corrected chi connectivity index (χ3v) is 3.73. The van der Waals surface area contributed by atoms with E-state index in [1.54, 1.807) is 43.5 Å². The van der Waals surface area contributed by atoms with Gasteiger partial charge in [-0.25, -0.2) is 0 Å². The molecule has 2 aromatic rings. The van der Waals surface area contributed by atoms with Crippen molar-refractivity contribution < 1.29 is 19.1 Å². The maximum Gasteiger partial charge on any atom is 0.258 e. The van der Waals surface area contributed by atoms with Crippen LogP contribution in [0.25, 0.3) is 11.6 Å². The second kappa shape index (κ2) is 6.58. The number of amides is 2. The summed E-state index contributed by atoms with van der Waals surface area (Å²) in [5.74, 6) is 0.447. The van der Waals surface area contributed by atoms with Crippen LogP contribution < -0.4 is 14.8 Å². The lowest BCUT2D eigenvalue weighted by atomic mass is 9.93. The molecule has 0 saturated heterocycles. The summed E-state index contributed by atoms with van der Waals surface area (Å²) < 4.78 is 10.8. The minimum Gasteiger partial charge on any atom is -0.493 e. The SMILES string of the molecule is CCOc1cc(C=C2C(=O)NC(=O)c3ccccc32)ccc1OC. The van der Waals surface area contributed by atoms with Gasteiger partial charge in [-0.15, -0.1) is 0 Å². The number of hydrogen-bond acceptors (Lipinski definition) is 4. The molecule has 0 aromatic heterocycles. The monoisotopic (exact) mass is 323 g/mol. The Morgan fingerprint density at radius 1 is 1.00 bits per heavy atom. The van der Waals surface area contributed by atoms with E-state index < -0.39 is 5.91 Å². The molecule has 122 valence electrons. The first-order valence-corrected chi connectivity index (χ1v) is 7.61. The van der Waals surface area contributed by atoms with Gasteiger partial charge in [-0.3, -0.25) is 14.9 Å². The van der Waals surface area contributed by atoms with E-state index in [0.29, 0.717) is 34.8 Å². The number of carbonyl (C=O) groups is 2. The van der Waals surface area contributed by atoms with Gasteiger partial charge in [0, 0.05) is 11.1 Å². The Hall–Kier alpha value is -3.08. The molecular weight excluding hydrogens is 306 g/mol. The quantitative estimate of drug-likeness (QED) is 0.694. The highest BCUT2D eigenvalue weighted by Crippen LogP contribution is 2.31. The lowest BCUT2D eigenvalue weighted by Gasteiger charge is -2.18. The molecule has 5 heteroatoms. The van der Waals surface area contributed by atoms with Gasteiger partial charge in [0.05, 0.1) is 13.7 Å². The van der Waals surface area contributed by atoms with E-state index in [0.717, 1.165) is 5.56 Å². The van der Waals surface area contributed by atoms with Crippen LogP contribution in [0.3, 0.4) is 0 Å². The van der Waals surface area contributed by atoms with Gasteiger partial charge in [-0.2, -0.15) is 0 Å². The zero-order valence-corrected chi connectivity index (χ0v) is 13.5. The third kappa shape index (κ3) is 2.88. The van der Waals surface area contributed by atoms with Crippen molar-refractivity contribution in [1.82, 2.24) is 5.32 Å². The van der Waals surface area contributed by atoms with E-state index in [2.05, 4.69) is 5.32 Å². The van der Waals surface area contributed by atoms with Crippen molar-refractivity contribution in [1.29, 1.82) is 0 Å². The van der Waals surface area contributed by atoms with E-state index in [9.17, 15) is 9.59 Å². The van der Waals surface area contributed by atoms with E-state index in [1.807, 2.05) is 19.1 Å². The minimum atomic E-state index is -0.410. The Morgan fingerprint density at radius 3 is 2.46 bits per heavy atom. The number of ether oxygens (including phenoxy) is 2. The van der Waals surface area contributed by atoms with Crippen LogP contribution in [0, 0.1) is 0 Å². The normalized spacial score (nSPS) is 15.0. The topological polar surface area (TPSA) is 64.6 Å². The van der Waals surface area contributed by atoms with Crippen LogP contribution in [0.2, 0.25) is 0 Å². The summed E-state index contributed by atoms with van der Waals surface area (Å²) in [6.45, 7) is 2.40. The Balaban J connectivity index is 2.08. The maximum atomic E-state index is 12.2. The number of nitrogens with one attached hydrogen (secondary N) is 1. The summed E-state index contributed by atoms with van der Waals surface area (Å²) in [7, 11) is 1.58. The zero-order valence-electron chi connectivity index (χ0n) is 13.5. The average molecular weight is 323 g/mol. The largest absolute Gasteiger partial charge is 0.493 e. The number of fused-ring (bicyclic) bond motifs is 1. The predicted molar refractivity (Wildman–Crippen MR) is 90.9 cm³/mol. The first-order chi connectivity index (χ1) is 11.6. The summed E-state index contributed by atoms with van der Waals surface area (Å²) in [6, 6.07) is 12.5. The maximum absolute atomic E-state index is 12.2. The molecule has 1 aliphatic rings. The number of imide groups is 1. The molecule has 0 radical (unpaired) electrons. The first kappa shape index (κ1) is 15.8. The van der Waals surface area contributed by atoms with Crippen molar-refractivity contribution in [3.63, 3.8) is 0 Å². The second-order valence-corrected chi connectivity index (χ2v) is 5.23. The molecule has 0 saturated carbocycles. The van der Waals surface area contributed by atoms with Crippen molar-refractivity contribution in [3.8, 4) is 11.5 Å². The summed E-state index contributed by atoms with van der Waals surface area (Å²) in [5.41, 5.74) is 2.34. The highest BCUT2D eigenvalue weighted by atomic mass is 16.5. The van der Waals surface area contributed by atoms with Crippen LogP contribution >= 0.6 is 0 Å². The lowest BCUT2D eigenvalue weighted by molar-refractivity contribution is -0.114. The van der Waals surface area contributed by atoms with E-state index in [4.69, 9.17) is 9.47 Å². The van der Waals surface area contributed by atoms with Crippen LogP contribution in [0.5, 0.6) is 11.5 Å². The second-order valence-electron chi connectivity index (χ2n) is 5.23. The Labute approximate surface area is 139 Å². The lowest BCUT2D eigenvalue weighted by Crippen LogP contribution is -2.36. The molecule has 1 N–H and O–H groups in total. The van der Waals surface area contributed by atoms with Gasteiger partial charge in [0.25, 0.3) is 11.8 Å².